The van der Waals surface area contributed by atoms with Crippen LogP contribution < -0.4 is 10.6 Å². The molecular weight excluding hydrogens is 511 g/mol. The number of aryl methyl sites for hydroxylation is 1. The molecule has 0 unspecified atom stereocenters. The number of halogens is 2. The van der Waals surface area contributed by atoms with Crippen molar-refractivity contribution in [2.75, 3.05) is 11.9 Å². The summed E-state index contributed by atoms with van der Waals surface area (Å²) in [6.07, 6.45) is 1.91. The van der Waals surface area contributed by atoms with E-state index < -0.39 is 0 Å². The van der Waals surface area contributed by atoms with Crippen molar-refractivity contribution in [3.8, 4) is 11.3 Å². The van der Waals surface area contributed by atoms with Gasteiger partial charge in [0.15, 0.2) is 5.11 Å². The first-order valence-electron chi connectivity index (χ1n) is 11.8. The molecule has 1 amide bonds. The number of aromatic nitrogens is 1. The van der Waals surface area contributed by atoms with Crippen LogP contribution in [-0.2, 0) is 4.79 Å². The fraction of sp³-hybridized carbons (Fsp3) is 0.179. The average Bonchev–Trinajstić information content (AvgIpc) is 3.50. The van der Waals surface area contributed by atoms with Crippen molar-refractivity contribution < 1.29 is 13.6 Å². The van der Waals surface area contributed by atoms with Gasteiger partial charge in [0.1, 0.15) is 23.4 Å². The summed E-state index contributed by atoms with van der Waals surface area (Å²) in [6, 6.07) is 20.3. The summed E-state index contributed by atoms with van der Waals surface area (Å²) in [6.45, 7) is 2.35. The van der Waals surface area contributed by atoms with Crippen molar-refractivity contribution in [2.45, 2.75) is 25.4 Å². The zero-order valence-electron chi connectivity index (χ0n) is 19.9. The van der Waals surface area contributed by atoms with Gasteiger partial charge in [0.2, 0.25) is 5.91 Å². The third kappa shape index (κ3) is 5.50. The number of carbonyl (C=O) groups is 1. The summed E-state index contributed by atoms with van der Waals surface area (Å²) in [5.74, 6) is 0.822. The van der Waals surface area contributed by atoms with Gasteiger partial charge in [-0.2, -0.15) is 0 Å². The van der Waals surface area contributed by atoms with Gasteiger partial charge >= 0.3 is 0 Å². The normalized spacial score (nSPS) is 17.1. The predicted octanol–water partition coefficient (Wildman–Crippen LogP) is 6.44. The number of furan rings is 1. The third-order valence-electron chi connectivity index (χ3n) is 6.29. The molecule has 5 rings (SSSR count). The molecule has 2 aromatic carbocycles. The first-order chi connectivity index (χ1) is 17.9. The monoisotopic (exact) mass is 534 g/mol. The Labute approximate surface area is 224 Å². The van der Waals surface area contributed by atoms with Crippen LogP contribution in [0.2, 0.25) is 5.02 Å². The second-order valence-electron chi connectivity index (χ2n) is 8.79. The molecule has 1 saturated heterocycles. The molecule has 4 aromatic rings. The molecule has 37 heavy (non-hydrogen) atoms. The molecule has 2 N–H and O–H groups in total. The van der Waals surface area contributed by atoms with Crippen LogP contribution in [0.3, 0.4) is 0 Å². The lowest BCUT2D eigenvalue weighted by atomic mass is 10.0. The molecule has 188 valence electrons. The Morgan fingerprint density at radius 3 is 2.73 bits per heavy atom. The van der Waals surface area contributed by atoms with Crippen LogP contribution in [0.15, 0.2) is 83.4 Å². The number of anilines is 1. The van der Waals surface area contributed by atoms with Crippen LogP contribution in [0.4, 0.5) is 10.1 Å². The second-order valence-corrected chi connectivity index (χ2v) is 9.61. The highest BCUT2D eigenvalue weighted by Crippen LogP contribution is 2.41. The number of rotatable bonds is 7. The molecule has 0 saturated carbocycles. The Morgan fingerprint density at radius 2 is 1.97 bits per heavy atom. The Bertz CT molecular complexity index is 1430. The van der Waals surface area contributed by atoms with Crippen molar-refractivity contribution >= 4 is 40.5 Å². The molecule has 0 aliphatic carbocycles. The molecule has 0 radical (unpaired) electrons. The maximum Gasteiger partial charge on any atom is 0.226 e. The van der Waals surface area contributed by atoms with Crippen LogP contribution in [0, 0.1) is 12.7 Å². The molecule has 0 bridgehead atoms. The first-order valence-corrected chi connectivity index (χ1v) is 12.6. The summed E-state index contributed by atoms with van der Waals surface area (Å²) in [4.78, 5) is 19.2. The maximum atomic E-state index is 13.2. The minimum atomic E-state index is -0.360. The van der Waals surface area contributed by atoms with E-state index in [9.17, 15) is 9.18 Å². The van der Waals surface area contributed by atoms with Crippen molar-refractivity contribution in [1.29, 1.82) is 0 Å². The van der Waals surface area contributed by atoms with Crippen molar-refractivity contribution in [3.63, 3.8) is 0 Å². The van der Waals surface area contributed by atoms with Crippen LogP contribution in [-0.4, -0.2) is 27.4 Å². The molecule has 0 spiro atoms. The lowest BCUT2D eigenvalue weighted by Gasteiger charge is -2.25. The van der Waals surface area contributed by atoms with E-state index in [1.807, 2.05) is 60.4 Å². The predicted molar refractivity (Wildman–Crippen MR) is 146 cm³/mol. The highest BCUT2D eigenvalue weighted by Gasteiger charge is 2.41. The molecule has 1 aliphatic heterocycles. The summed E-state index contributed by atoms with van der Waals surface area (Å²) >= 11 is 11.9. The topological polar surface area (TPSA) is 70.4 Å². The SMILES string of the molecule is Cc1ccc(Cl)cc1-c1ccc([C@H]2[C@@H](c3ccccn3)NC(=S)N2CCC(=O)Nc2ccc(F)cc2)o1. The Balaban J connectivity index is 1.41. The lowest BCUT2D eigenvalue weighted by Crippen LogP contribution is -2.32. The highest BCUT2D eigenvalue weighted by atomic mass is 35.5. The summed E-state index contributed by atoms with van der Waals surface area (Å²) in [7, 11) is 0. The fourth-order valence-corrected chi connectivity index (χ4v) is 4.95. The van der Waals surface area contributed by atoms with Gasteiger partial charge < -0.3 is 20.0 Å². The van der Waals surface area contributed by atoms with E-state index in [4.69, 9.17) is 28.2 Å². The lowest BCUT2D eigenvalue weighted by molar-refractivity contribution is -0.116. The van der Waals surface area contributed by atoms with Crippen molar-refractivity contribution in [1.82, 2.24) is 15.2 Å². The number of thiocarbonyl (C=S) groups is 1. The first kappa shape index (κ1) is 24.9. The fourth-order valence-electron chi connectivity index (χ4n) is 4.45. The van der Waals surface area contributed by atoms with Gasteiger partial charge in [-0.1, -0.05) is 23.7 Å². The number of nitrogens with zero attached hydrogens (tertiary/aromatic N) is 2. The minimum Gasteiger partial charge on any atom is -0.459 e. The zero-order valence-corrected chi connectivity index (χ0v) is 21.5. The largest absolute Gasteiger partial charge is 0.459 e. The number of hydrogen-bond acceptors (Lipinski definition) is 4. The number of hydrogen-bond donors (Lipinski definition) is 2. The molecule has 2 aromatic heterocycles. The number of carbonyl (C=O) groups excluding carboxylic acids is 1. The quantitative estimate of drug-likeness (QED) is 0.266. The molecule has 3 heterocycles. The summed E-state index contributed by atoms with van der Waals surface area (Å²) in [5.41, 5.74) is 3.29. The smallest absolute Gasteiger partial charge is 0.226 e. The minimum absolute atomic E-state index is 0.172. The van der Waals surface area contributed by atoms with Gasteiger partial charge in [-0.3, -0.25) is 9.78 Å². The van der Waals surface area contributed by atoms with E-state index in [0.717, 1.165) is 16.8 Å². The van der Waals surface area contributed by atoms with Gasteiger partial charge in [0.05, 0.1) is 11.7 Å². The van der Waals surface area contributed by atoms with Crippen LogP contribution in [0.5, 0.6) is 0 Å². The molecule has 9 heteroatoms. The standard InChI is InChI=1S/C28H24ClFN4O2S/c1-17-5-6-18(29)16-21(17)23-11-12-24(36-23)27-26(22-4-2-3-14-31-22)33-28(37)34(27)15-13-25(35)32-20-9-7-19(30)8-10-20/h2-12,14,16,26-27H,13,15H2,1H3,(H,32,35)(H,33,37)/t26-,27+/m1/s1. The average molecular weight is 535 g/mol. The van der Waals surface area contributed by atoms with Crippen LogP contribution >= 0.6 is 23.8 Å². The van der Waals surface area contributed by atoms with E-state index in [2.05, 4.69) is 15.6 Å². The number of benzene rings is 2. The van der Waals surface area contributed by atoms with Crippen LogP contribution in [0.25, 0.3) is 11.3 Å². The molecule has 1 aliphatic rings. The van der Waals surface area contributed by atoms with Crippen molar-refractivity contribution in [2.24, 2.45) is 0 Å². The Hall–Kier alpha value is -3.75. The number of pyridine rings is 1. The van der Waals surface area contributed by atoms with Crippen LogP contribution in [0.1, 0.15) is 35.5 Å². The Kier molecular flexibility index (Phi) is 7.21. The van der Waals surface area contributed by atoms with Gasteiger partial charge in [0.25, 0.3) is 0 Å². The Morgan fingerprint density at radius 1 is 1.16 bits per heavy atom. The third-order valence-corrected chi connectivity index (χ3v) is 6.88. The second kappa shape index (κ2) is 10.7. The molecule has 6 nitrogen and oxygen atoms in total. The number of amides is 1. The summed E-state index contributed by atoms with van der Waals surface area (Å²) in [5, 5.41) is 7.29. The molecular formula is C28H24ClFN4O2S. The van der Waals surface area contributed by atoms with E-state index in [1.54, 1.807) is 6.20 Å². The van der Waals surface area contributed by atoms with E-state index >= 15 is 0 Å². The number of nitrogens with one attached hydrogen (secondary N) is 2. The van der Waals surface area contributed by atoms with E-state index in [-0.39, 0.29) is 30.2 Å². The zero-order chi connectivity index (χ0) is 25.9. The highest BCUT2D eigenvalue weighted by molar-refractivity contribution is 7.80. The van der Waals surface area contributed by atoms with Gasteiger partial charge in [-0.25, -0.2) is 4.39 Å². The van der Waals surface area contributed by atoms with Gasteiger partial charge in [0, 0.05) is 35.4 Å². The van der Waals surface area contributed by atoms with Crippen molar-refractivity contribution in [3.05, 3.63) is 107 Å². The van der Waals surface area contributed by atoms with E-state index in [0.29, 0.717) is 33.9 Å². The molecule has 1 fully saturated rings. The maximum absolute atomic E-state index is 13.2. The van der Waals surface area contributed by atoms with Gasteiger partial charge in [-0.15, -0.1) is 0 Å². The van der Waals surface area contributed by atoms with E-state index in [1.165, 1.54) is 24.3 Å². The van der Waals surface area contributed by atoms with Gasteiger partial charge in [-0.05, 0) is 85.4 Å². The summed E-state index contributed by atoms with van der Waals surface area (Å²) < 4.78 is 19.6. The molecule has 2 atom stereocenters.